The van der Waals surface area contributed by atoms with Crippen molar-refractivity contribution in [2.45, 2.75) is 12.6 Å². The highest BCUT2D eigenvalue weighted by Gasteiger charge is 2.19. The number of hydrogen-bond acceptors (Lipinski definition) is 8. The zero-order chi connectivity index (χ0) is 20.3. The molecule has 0 saturated carbocycles. The summed E-state index contributed by atoms with van der Waals surface area (Å²) in [6.45, 7) is -0.618. The minimum atomic E-state index is -1.12. The Bertz CT molecular complexity index is 1110. The number of aryl methyl sites for hydroxylation is 1. The van der Waals surface area contributed by atoms with Crippen LogP contribution in [0, 0.1) is 0 Å². The van der Waals surface area contributed by atoms with E-state index >= 15 is 0 Å². The van der Waals surface area contributed by atoms with E-state index < -0.39 is 24.0 Å². The molecule has 1 atom stereocenters. The van der Waals surface area contributed by atoms with Crippen LogP contribution in [0.2, 0.25) is 0 Å². The summed E-state index contributed by atoms with van der Waals surface area (Å²) in [6.07, 6.45) is 0.412. The zero-order valence-electron chi connectivity index (χ0n) is 15.3. The van der Waals surface area contributed by atoms with Crippen LogP contribution in [0.25, 0.3) is 11.2 Å². The van der Waals surface area contributed by atoms with Gasteiger partial charge in [0, 0.05) is 7.05 Å². The predicted molar refractivity (Wildman–Crippen MR) is 103 cm³/mol. The first-order valence-electron chi connectivity index (χ1n) is 8.36. The quantitative estimate of drug-likeness (QED) is 0.307. The Balaban J connectivity index is 1.98. The monoisotopic (exact) mass is 388 g/mol. The van der Waals surface area contributed by atoms with E-state index in [0.717, 1.165) is 5.56 Å². The maximum atomic E-state index is 12.3. The summed E-state index contributed by atoms with van der Waals surface area (Å²) in [5.41, 5.74) is 2.44. The molecule has 0 bridgehead atoms. The molecule has 11 heteroatoms. The number of H-pyrrole nitrogens is 1. The number of nitrogens with zero attached hydrogens (tertiary/aromatic N) is 4. The number of fused-ring (bicyclic) bond motifs is 1. The van der Waals surface area contributed by atoms with Gasteiger partial charge in [0.05, 0.1) is 32.6 Å². The van der Waals surface area contributed by atoms with E-state index in [1.165, 1.54) is 22.4 Å². The van der Waals surface area contributed by atoms with Crippen molar-refractivity contribution in [3.05, 3.63) is 50.7 Å². The number of anilines is 1. The van der Waals surface area contributed by atoms with Crippen LogP contribution in [0.5, 0.6) is 5.75 Å². The van der Waals surface area contributed by atoms with Gasteiger partial charge in [-0.1, -0.05) is 0 Å². The highest BCUT2D eigenvalue weighted by molar-refractivity contribution is 5.80. The van der Waals surface area contributed by atoms with Crippen molar-refractivity contribution >= 4 is 23.3 Å². The second-order valence-corrected chi connectivity index (χ2v) is 6.02. The third-order valence-electron chi connectivity index (χ3n) is 4.11. The summed E-state index contributed by atoms with van der Waals surface area (Å²) in [4.78, 5) is 30.5. The van der Waals surface area contributed by atoms with Crippen LogP contribution in [0.3, 0.4) is 0 Å². The van der Waals surface area contributed by atoms with Crippen molar-refractivity contribution in [2.75, 3.05) is 19.1 Å². The number of ether oxygens (including phenoxy) is 1. The minimum absolute atomic E-state index is 0.0803. The zero-order valence-corrected chi connectivity index (χ0v) is 15.3. The lowest BCUT2D eigenvalue weighted by Crippen LogP contribution is -2.30. The lowest BCUT2D eigenvalue weighted by molar-refractivity contribution is 0.0825. The van der Waals surface area contributed by atoms with Gasteiger partial charge in [0.2, 0.25) is 5.95 Å². The summed E-state index contributed by atoms with van der Waals surface area (Å²) in [5, 5.41) is 23.1. The third-order valence-corrected chi connectivity index (χ3v) is 4.11. The summed E-state index contributed by atoms with van der Waals surface area (Å²) in [5.74, 6) is 0.851. The van der Waals surface area contributed by atoms with Gasteiger partial charge in [-0.3, -0.25) is 14.3 Å². The summed E-state index contributed by atoms with van der Waals surface area (Å²) in [6, 6.07) is 7.17. The Morgan fingerprint density at radius 3 is 2.71 bits per heavy atom. The number of hydrogen-bond donors (Lipinski definition) is 4. The van der Waals surface area contributed by atoms with E-state index in [1.807, 2.05) is 0 Å². The molecule has 0 aliphatic heterocycles. The SMILES string of the molecule is COc1ccc(/C=N/Nc2nc3c(c(=O)[nH]c(=O)n3C)n2CC(O)CO)cc1. The molecule has 0 fully saturated rings. The molecule has 2 aromatic heterocycles. The molecule has 3 aromatic rings. The molecule has 3 rings (SSSR count). The molecule has 1 aromatic carbocycles. The number of nitrogens with one attached hydrogen (secondary N) is 2. The summed E-state index contributed by atoms with van der Waals surface area (Å²) in [7, 11) is 3.04. The highest BCUT2D eigenvalue weighted by atomic mass is 16.5. The molecular formula is C17H20N6O5. The number of rotatable bonds is 7. The first-order chi connectivity index (χ1) is 13.4. The van der Waals surface area contributed by atoms with Crippen LogP contribution in [-0.4, -0.2) is 55.4 Å². The van der Waals surface area contributed by atoms with E-state index in [9.17, 15) is 14.7 Å². The maximum Gasteiger partial charge on any atom is 0.329 e. The lowest BCUT2D eigenvalue weighted by atomic mass is 10.2. The van der Waals surface area contributed by atoms with Gasteiger partial charge in [0.1, 0.15) is 5.75 Å². The molecule has 1 unspecified atom stereocenters. The van der Waals surface area contributed by atoms with Crippen molar-refractivity contribution in [3.8, 4) is 5.75 Å². The van der Waals surface area contributed by atoms with Crippen LogP contribution >= 0.6 is 0 Å². The number of aromatic nitrogens is 4. The molecule has 148 valence electrons. The molecular weight excluding hydrogens is 368 g/mol. The van der Waals surface area contributed by atoms with Gasteiger partial charge in [-0.05, 0) is 29.8 Å². The molecule has 0 amide bonds. The fraction of sp³-hybridized carbons (Fsp3) is 0.294. The fourth-order valence-corrected chi connectivity index (χ4v) is 2.62. The Morgan fingerprint density at radius 2 is 2.07 bits per heavy atom. The first kappa shape index (κ1) is 19.3. The lowest BCUT2D eigenvalue weighted by Gasteiger charge is -2.11. The number of aromatic amines is 1. The Labute approximate surface area is 158 Å². The number of methoxy groups -OCH3 is 1. The van der Waals surface area contributed by atoms with Crippen LogP contribution in [0.15, 0.2) is 39.0 Å². The predicted octanol–water partition coefficient (Wildman–Crippen LogP) is -0.769. The molecule has 0 radical (unpaired) electrons. The normalized spacial score (nSPS) is 12.6. The van der Waals surface area contributed by atoms with Gasteiger partial charge in [-0.15, -0.1) is 0 Å². The van der Waals surface area contributed by atoms with Crippen LogP contribution in [0.4, 0.5) is 5.95 Å². The largest absolute Gasteiger partial charge is 0.497 e. The Hall–Kier alpha value is -3.44. The molecule has 2 heterocycles. The van der Waals surface area contributed by atoms with Gasteiger partial charge >= 0.3 is 5.69 Å². The maximum absolute atomic E-state index is 12.3. The topological polar surface area (TPSA) is 147 Å². The fourth-order valence-electron chi connectivity index (χ4n) is 2.62. The minimum Gasteiger partial charge on any atom is -0.497 e. The average Bonchev–Trinajstić information content (AvgIpc) is 3.05. The van der Waals surface area contributed by atoms with E-state index in [-0.39, 0.29) is 23.7 Å². The molecule has 0 aliphatic rings. The van der Waals surface area contributed by atoms with Gasteiger partial charge in [0.25, 0.3) is 5.56 Å². The summed E-state index contributed by atoms with van der Waals surface area (Å²) >= 11 is 0. The number of hydrazone groups is 1. The highest BCUT2D eigenvalue weighted by Crippen LogP contribution is 2.16. The van der Waals surface area contributed by atoms with Crippen molar-refractivity contribution in [2.24, 2.45) is 12.1 Å². The van der Waals surface area contributed by atoms with Crippen molar-refractivity contribution in [1.82, 2.24) is 19.1 Å². The van der Waals surface area contributed by atoms with Gasteiger partial charge < -0.3 is 19.5 Å². The van der Waals surface area contributed by atoms with Crippen LogP contribution in [0.1, 0.15) is 5.56 Å². The molecule has 28 heavy (non-hydrogen) atoms. The van der Waals surface area contributed by atoms with Crippen molar-refractivity contribution in [3.63, 3.8) is 0 Å². The van der Waals surface area contributed by atoms with Crippen molar-refractivity contribution in [1.29, 1.82) is 0 Å². The summed E-state index contributed by atoms with van der Waals surface area (Å²) < 4.78 is 7.63. The third kappa shape index (κ3) is 3.80. The number of benzene rings is 1. The molecule has 4 N–H and O–H groups in total. The van der Waals surface area contributed by atoms with Crippen LogP contribution < -0.4 is 21.4 Å². The Morgan fingerprint density at radius 1 is 1.36 bits per heavy atom. The van der Waals surface area contributed by atoms with E-state index in [1.54, 1.807) is 31.4 Å². The molecule has 11 nitrogen and oxygen atoms in total. The van der Waals surface area contributed by atoms with E-state index in [2.05, 4.69) is 20.5 Å². The Kier molecular flexibility index (Phi) is 5.57. The second kappa shape index (κ2) is 8.06. The number of imidazole rings is 1. The van der Waals surface area contributed by atoms with E-state index in [4.69, 9.17) is 9.84 Å². The number of aliphatic hydroxyl groups is 2. The molecule has 0 aliphatic carbocycles. The van der Waals surface area contributed by atoms with Gasteiger partial charge in [0.15, 0.2) is 11.2 Å². The first-order valence-corrected chi connectivity index (χ1v) is 8.36. The smallest absolute Gasteiger partial charge is 0.329 e. The van der Waals surface area contributed by atoms with Crippen LogP contribution in [-0.2, 0) is 13.6 Å². The van der Waals surface area contributed by atoms with E-state index in [0.29, 0.717) is 5.75 Å². The second-order valence-electron chi connectivity index (χ2n) is 6.02. The molecule has 0 spiro atoms. The van der Waals surface area contributed by atoms with Crippen molar-refractivity contribution < 1.29 is 14.9 Å². The number of aliphatic hydroxyl groups excluding tert-OH is 2. The van der Waals surface area contributed by atoms with Gasteiger partial charge in [-0.25, -0.2) is 10.2 Å². The standard InChI is InChI=1S/C17H20N6O5/c1-22-14-13(15(26)20-17(22)27)23(8-11(25)9-24)16(19-14)21-18-7-10-3-5-12(28-2)6-4-10/h3-7,11,24-25H,8-9H2,1-2H3,(H,19,21)(H,20,26,27)/b18-7+. The average molecular weight is 388 g/mol. The van der Waals surface area contributed by atoms with Gasteiger partial charge in [-0.2, -0.15) is 10.1 Å². The molecule has 0 saturated heterocycles.